The Morgan fingerprint density at radius 2 is 2.07 bits per heavy atom. The maximum atomic E-state index is 11.0. The molecule has 1 unspecified atom stereocenters. The van der Waals surface area contributed by atoms with Crippen LogP contribution >= 0.6 is 15.9 Å². The number of carbonyl (C=O) groups is 1. The molecule has 0 heterocycles. The predicted molar refractivity (Wildman–Crippen MR) is 61.4 cm³/mol. The third kappa shape index (κ3) is 10.4. The van der Waals surface area contributed by atoms with Crippen LogP contribution in [-0.4, -0.2) is 49.6 Å². The first-order chi connectivity index (χ1) is 6.39. The first kappa shape index (κ1) is 17.5. The molecule has 0 aliphatic carbocycles. The van der Waals surface area contributed by atoms with Crippen molar-refractivity contribution in [1.82, 2.24) is 0 Å². The highest BCUT2D eigenvalue weighted by Crippen LogP contribution is 2.06. The van der Waals surface area contributed by atoms with Gasteiger partial charge in [-0.3, -0.25) is 0 Å². The number of halogens is 2. The maximum absolute atomic E-state index is 11.0. The molecule has 0 bridgehead atoms. The van der Waals surface area contributed by atoms with Crippen molar-refractivity contribution in [3.63, 3.8) is 0 Å². The number of carbonyl (C=O) groups excluding carboxylic acids is 1. The largest absolute Gasteiger partial charge is 1.00 e. The number of nitrogens with zero attached hydrogens (tertiary/aromatic N) is 1. The Labute approximate surface area is 111 Å². The average Bonchev–Trinajstić information content (AvgIpc) is 2.01. The summed E-state index contributed by atoms with van der Waals surface area (Å²) in [5.74, 6) is -0.343. The fourth-order valence-corrected chi connectivity index (χ4v) is 1.64. The van der Waals surface area contributed by atoms with Crippen LogP contribution in [0, 0.1) is 0 Å². The van der Waals surface area contributed by atoms with Crippen molar-refractivity contribution in [1.29, 1.82) is 0 Å². The van der Waals surface area contributed by atoms with Gasteiger partial charge < -0.3 is 26.2 Å². The van der Waals surface area contributed by atoms with Crippen LogP contribution in [0.25, 0.3) is 0 Å². The van der Waals surface area contributed by atoms with Crippen molar-refractivity contribution in [2.24, 2.45) is 0 Å². The number of alkyl halides is 1. The highest BCUT2D eigenvalue weighted by Gasteiger charge is 2.20. The third-order valence-corrected chi connectivity index (χ3v) is 2.09. The number of rotatable bonds is 6. The lowest BCUT2D eigenvalue weighted by Crippen LogP contribution is -3.00. The topological polar surface area (TPSA) is 26.3 Å². The molecule has 0 aromatic heterocycles. The Balaban J connectivity index is 0. The van der Waals surface area contributed by atoms with E-state index in [1.165, 1.54) is 6.08 Å². The minimum absolute atomic E-state index is 0. The van der Waals surface area contributed by atoms with Gasteiger partial charge in [0.05, 0.1) is 21.1 Å². The molecule has 5 heteroatoms. The molecular formula is C10H19Br2NO2. The SMILES string of the molecule is C=CC(=O)OC(CCBr)C[N+](C)(C)C.[Br-]. The van der Waals surface area contributed by atoms with E-state index >= 15 is 0 Å². The zero-order valence-corrected chi connectivity index (χ0v) is 12.7. The summed E-state index contributed by atoms with van der Waals surface area (Å²) in [5.41, 5.74) is 0. The van der Waals surface area contributed by atoms with Crippen molar-refractivity contribution in [2.75, 3.05) is 33.0 Å². The third-order valence-electron chi connectivity index (χ3n) is 1.63. The van der Waals surface area contributed by atoms with Gasteiger partial charge in [-0.2, -0.15) is 0 Å². The van der Waals surface area contributed by atoms with Crippen LogP contribution in [-0.2, 0) is 9.53 Å². The van der Waals surface area contributed by atoms with Gasteiger partial charge in [0, 0.05) is 11.4 Å². The molecule has 0 aliphatic rings. The molecule has 0 radical (unpaired) electrons. The molecule has 0 fully saturated rings. The van der Waals surface area contributed by atoms with Gasteiger partial charge in [-0.05, 0) is 6.42 Å². The molecule has 0 spiro atoms. The molecule has 0 amide bonds. The van der Waals surface area contributed by atoms with Crippen LogP contribution in [0.4, 0.5) is 0 Å². The van der Waals surface area contributed by atoms with Gasteiger partial charge in [-0.25, -0.2) is 4.79 Å². The van der Waals surface area contributed by atoms with E-state index in [1.807, 2.05) is 0 Å². The highest BCUT2D eigenvalue weighted by atomic mass is 79.9. The van der Waals surface area contributed by atoms with E-state index in [4.69, 9.17) is 4.74 Å². The number of esters is 1. The van der Waals surface area contributed by atoms with E-state index in [9.17, 15) is 4.79 Å². The van der Waals surface area contributed by atoms with Gasteiger partial charge in [0.25, 0.3) is 0 Å². The minimum Gasteiger partial charge on any atom is -1.00 e. The Morgan fingerprint density at radius 3 is 2.40 bits per heavy atom. The summed E-state index contributed by atoms with van der Waals surface area (Å²) in [6.07, 6.45) is 1.99. The fraction of sp³-hybridized carbons (Fsp3) is 0.700. The summed E-state index contributed by atoms with van der Waals surface area (Å²) in [7, 11) is 6.22. The Hall–Kier alpha value is 0.130. The van der Waals surface area contributed by atoms with E-state index < -0.39 is 0 Å². The lowest BCUT2D eigenvalue weighted by Gasteiger charge is -2.28. The zero-order valence-electron chi connectivity index (χ0n) is 9.50. The minimum atomic E-state index is -0.343. The fourth-order valence-electron chi connectivity index (χ4n) is 1.13. The first-order valence-electron chi connectivity index (χ1n) is 4.58. The lowest BCUT2D eigenvalue weighted by atomic mass is 10.2. The normalized spacial score (nSPS) is 12.5. The molecule has 0 aromatic carbocycles. The molecular weight excluding hydrogens is 326 g/mol. The molecule has 0 saturated carbocycles. The van der Waals surface area contributed by atoms with Crippen LogP contribution in [0.5, 0.6) is 0 Å². The molecule has 90 valence electrons. The lowest BCUT2D eigenvalue weighted by molar-refractivity contribution is -0.873. The quantitative estimate of drug-likeness (QED) is 0.256. The van der Waals surface area contributed by atoms with Gasteiger partial charge in [-0.1, -0.05) is 22.5 Å². The van der Waals surface area contributed by atoms with Crippen molar-refractivity contribution in [3.8, 4) is 0 Å². The van der Waals surface area contributed by atoms with E-state index in [1.54, 1.807) is 0 Å². The molecule has 0 aromatic rings. The number of quaternary nitrogens is 1. The van der Waals surface area contributed by atoms with Crippen LogP contribution < -0.4 is 17.0 Å². The molecule has 1 atom stereocenters. The summed E-state index contributed by atoms with van der Waals surface area (Å²) in [5, 5.41) is 0.835. The summed E-state index contributed by atoms with van der Waals surface area (Å²) < 4.78 is 5.99. The molecule has 0 aliphatic heterocycles. The van der Waals surface area contributed by atoms with Crippen molar-refractivity contribution in [2.45, 2.75) is 12.5 Å². The Kier molecular flexibility index (Phi) is 9.70. The second kappa shape index (κ2) is 8.30. The van der Waals surface area contributed by atoms with E-state index in [-0.39, 0.29) is 29.1 Å². The number of hydrogen-bond acceptors (Lipinski definition) is 2. The molecule has 0 rings (SSSR count). The zero-order chi connectivity index (χ0) is 11.2. The van der Waals surface area contributed by atoms with Crippen molar-refractivity contribution < 1.29 is 31.0 Å². The number of likely N-dealkylation sites (N-methyl/N-ethyl adjacent to an activating group) is 1. The maximum Gasteiger partial charge on any atom is 0.330 e. The second-order valence-corrected chi connectivity index (χ2v) is 5.01. The first-order valence-corrected chi connectivity index (χ1v) is 5.70. The molecule has 0 N–H and O–H groups in total. The standard InChI is InChI=1S/C10H19BrNO2.BrH/c1-5-10(13)14-9(6-7-11)8-12(2,3)4;/h5,9H,1,6-8H2,2-4H3;1H/q+1;/p-1. The molecule has 3 nitrogen and oxygen atoms in total. The summed E-state index contributed by atoms with van der Waals surface area (Å²) in [6.45, 7) is 4.19. The summed E-state index contributed by atoms with van der Waals surface area (Å²) in [6, 6.07) is 0. The Morgan fingerprint density at radius 1 is 1.53 bits per heavy atom. The summed E-state index contributed by atoms with van der Waals surface area (Å²) in [4.78, 5) is 11.0. The smallest absolute Gasteiger partial charge is 0.330 e. The van der Waals surface area contributed by atoms with Gasteiger partial charge in [0.15, 0.2) is 6.10 Å². The molecule has 15 heavy (non-hydrogen) atoms. The van der Waals surface area contributed by atoms with Crippen molar-refractivity contribution in [3.05, 3.63) is 12.7 Å². The number of ether oxygens (including phenoxy) is 1. The molecule has 0 saturated heterocycles. The van der Waals surface area contributed by atoms with E-state index in [0.717, 1.165) is 22.8 Å². The van der Waals surface area contributed by atoms with Crippen LogP contribution in [0.15, 0.2) is 12.7 Å². The van der Waals surface area contributed by atoms with Crippen LogP contribution in [0.1, 0.15) is 6.42 Å². The van der Waals surface area contributed by atoms with E-state index in [2.05, 4.69) is 43.7 Å². The van der Waals surface area contributed by atoms with Crippen molar-refractivity contribution >= 4 is 21.9 Å². The average molecular weight is 345 g/mol. The predicted octanol–water partition coefficient (Wildman–Crippen LogP) is -1.42. The van der Waals surface area contributed by atoms with Gasteiger partial charge in [0.1, 0.15) is 6.54 Å². The van der Waals surface area contributed by atoms with Gasteiger partial charge in [-0.15, -0.1) is 0 Å². The van der Waals surface area contributed by atoms with Crippen LogP contribution in [0.3, 0.4) is 0 Å². The second-order valence-electron chi connectivity index (χ2n) is 4.21. The van der Waals surface area contributed by atoms with E-state index in [0.29, 0.717) is 0 Å². The van der Waals surface area contributed by atoms with Crippen LogP contribution in [0.2, 0.25) is 0 Å². The van der Waals surface area contributed by atoms with Gasteiger partial charge in [0.2, 0.25) is 0 Å². The summed E-state index contributed by atoms with van der Waals surface area (Å²) >= 11 is 3.35. The van der Waals surface area contributed by atoms with Gasteiger partial charge >= 0.3 is 5.97 Å². The number of hydrogen-bond donors (Lipinski definition) is 0. The Bertz CT molecular complexity index is 202. The highest BCUT2D eigenvalue weighted by molar-refractivity contribution is 9.09. The monoisotopic (exact) mass is 343 g/mol.